The molecule has 33 heavy (non-hydrogen) atoms. The largest absolute Gasteiger partial charge is 0.378 e. The van der Waals surface area contributed by atoms with Crippen molar-refractivity contribution in [2.45, 2.75) is 69.6 Å². The van der Waals surface area contributed by atoms with E-state index in [0.717, 1.165) is 42.8 Å². The van der Waals surface area contributed by atoms with Crippen LogP contribution in [-0.4, -0.2) is 45.5 Å². The van der Waals surface area contributed by atoms with Gasteiger partial charge in [-0.15, -0.1) is 0 Å². The van der Waals surface area contributed by atoms with Crippen molar-refractivity contribution < 1.29 is 9.53 Å². The number of hydrogen-bond acceptors (Lipinski definition) is 7. The first-order chi connectivity index (χ1) is 15.8. The van der Waals surface area contributed by atoms with E-state index in [1.165, 1.54) is 0 Å². The van der Waals surface area contributed by atoms with Crippen LogP contribution in [-0.2, 0) is 15.1 Å². The maximum absolute atomic E-state index is 13.2. The quantitative estimate of drug-likeness (QED) is 0.684. The number of aliphatic imine (C=N–C) groups is 1. The minimum absolute atomic E-state index is 0.0108. The highest BCUT2D eigenvalue weighted by molar-refractivity contribution is 6.34. The van der Waals surface area contributed by atoms with Gasteiger partial charge in [-0.05, 0) is 45.6 Å². The highest BCUT2D eigenvalue weighted by Gasteiger charge is 2.42. The summed E-state index contributed by atoms with van der Waals surface area (Å²) in [5.74, 6) is 1.60. The summed E-state index contributed by atoms with van der Waals surface area (Å²) in [7, 11) is 0. The molecule has 1 amide bonds. The summed E-state index contributed by atoms with van der Waals surface area (Å²) >= 11 is 6.82. The molecule has 8 nitrogen and oxygen atoms in total. The Balaban J connectivity index is 1.40. The Bertz CT molecular complexity index is 1090. The van der Waals surface area contributed by atoms with E-state index in [4.69, 9.17) is 27.1 Å². The van der Waals surface area contributed by atoms with Crippen LogP contribution in [0, 0.1) is 0 Å². The van der Waals surface area contributed by atoms with Crippen molar-refractivity contribution in [3.8, 4) is 0 Å². The van der Waals surface area contributed by atoms with Crippen molar-refractivity contribution in [2.24, 2.45) is 10.7 Å². The Morgan fingerprint density at radius 1 is 1.24 bits per heavy atom. The summed E-state index contributed by atoms with van der Waals surface area (Å²) in [5, 5.41) is 3.80. The molecule has 2 fully saturated rings. The fourth-order valence-electron chi connectivity index (χ4n) is 4.76. The van der Waals surface area contributed by atoms with Gasteiger partial charge in [-0.1, -0.05) is 23.7 Å². The molecule has 5 rings (SSSR count). The molecule has 0 unspecified atom stereocenters. The highest BCUT2D eigenvalue weighted by Crippen LogP contribution is 2.42. The minimum Gasteiger partial charge on any atom is -0.378 e. The molecule has 3 N–H and O–H groups in total. The molecule has 2 aliphatic heterocycles. The predicted octanol–water partition coefficient (Wildman–Crippen LogP) is 4.08. The Hall–Kier alpha value is -2.71. The van der Waals surface area contributed by atoms with Crippen LogP contribution < -0.4 is 11.1 Å². The van der Waals surface area contributed by atoms with Crippen LogP contribution in [0.1, 0.15) is 63.3 Å². The minimum atomic E-state index is -0.852. The highest BCUT2D eigenvalue weighted by atomic mass is 35.5. The van der Waals surface area contributed by atoms with Gasteiger partial charge in [0.05, 0.1) is 46.9 Å². The number of nitrogens with two attached hydrogens (primary N) is 1. The van der Waals surface area contributed by atoms with Crippen LogP contribution in [0.3, 0.4) is 0 Å². The molecule has 3 heterocycles. The van der Waals surface area contributed by atoms with Gasteiger partial charge in [-0.25, -0.2) is 15.0 Å². The Morgan fingerprint density at radius 3 is 2.67 bits per heavy atom. The fraction of sp³-hybridized carbons (Fsp3) is 0.500. The number of rotatable bonds is 5. The molecule has 3 atom stereocenters. The van der Waals surface area contributed by atoms with E-state index in [1.54, 1.807) is 17.3 Å². The number of carbonyl (C=O) groups excluding carboxylic acids is 1. The molecule has 9 heteroatoms. The summed E-state index contributed by atoms with van der Waals surface area (Å²) in [5.41, 5.74) is 7.72. The third-order valence-corrected chi connectivity index (χ3v) is 7.07. The van der Waals surface area contributed by atoms with Crippen LogP contribution in [0.5, 0.6) is 0 Å². The summed E-state index contributed by atoms with van der Waals surface area (Å²) in [6.45, 7) is 4.53. The lowest BCUT2D eigenvalue weighted by Crippen LogP contribution is -2.56. The monoisotopic (exact) mass is 468 g/mol. The van der Waals surface area contributed by atoms with Gasteiger partial charge in [0.25, 0.3) is 0 Å². The smallest absolute Gasteiger partial charge is 0.232 e. The SMILES string of the molecule is C[C@H]1C[C@@H](N2C(=O)C[C@@](C)(c3cccc(Nc4cnc(C5CC5)nc4)c3Cl)N=C2N)CCO1. The molecule has 1 saturated carbocycles. The molecule has 1 aromatic heterocycles. The summed E-state index contributed by atoms with van der Waals surface area (Å²) in [4.78, 5) is 28.6. The van der Waals surface area contributed by atoms with Crippen molar-refractivity contribution in [3.63, 3.8) is 0 Å². The number of nitrogens with one attached hydrogen (secondary N) is 1. The molecule has 1 aliphatic carbocycles. The Kier molecular flexibility index (Phi) is 5.74. The van der Waals surface area contributed by atoms with Crippen LogP contribution in [0.2, 0.25) is 5.02 Å². The third-order valence-electron chi connectivity index (χ3n) is 6.67. The van der Waals surface area contributed by atoms with E-state index >= 15 is 0 Å². The van der Waals surface area contributed by atoms with Gasteiger partial charge in [0.2, 0.25) is 5.91 Å². The summed E-state index contributed by atoms with van der Waals surface area (Å²) < 4.78 is 5.63. The topological polar surface area (TPSA) is 106 Å². The lowest BCUT2D eigenvalue weighted by atomic mass is 9.86. The maximum Gasteiger partial charge on any atom is 0.232 e. The zero-order chi connectivity index (χ0) is 23.2. The molecule has 0 radical (unpaired) electrons. The number of anilines is 2. The first kappa shape index (κ1) is 22.1. The number of carbonyl (C=O) groups is 1. The molecule has 3 aliphatic rings. The van der Waals surface area contributed by atoms with Crippen molar-refractivity contribution in [2.75, 3.05) is 11.9 Å². The molecule has 174 valence electrons. The second-order valence-corrected chi connectivity index (χ2v) is 9.82. The van der Waals surface area contributed by atoms with Gasteiger partial charge in [-0.3, -0.25) is 9.69 Å². The lowest BCUT2D eigenvalue weighted by molar-refractivity contribution is -0.133. The van der Waals surface area contributed by atoms with Crippen molar-refractivity contribution in [1.29, 1.82) is 0 Å². The summed E-state index contributed by atoms with van der Waals surface area (Å²) in [6, 6.07) is 5.70. The van der Waals surface area contributed by atoms with Crippen molar-refractivity contribution in [3.05, 3.63) is 47.0 Å². The van der Waals surface area contributed by atoms with E-state index < -0.39 is 5.54 Å². The van der Waals surface area contributed by atoms with Gasteiger partial charge in [-0.2, -0.15) is 0 Å². The van der Waals surface area contributed by atoms with E-state index in [9.17, 15) is 4.79 Å². The second kappa shape index (κ2) is 8.57. The molecule has 0 spiro atoms. The second-order valence-electron chi connectivity index (χ2n) is 9.44. The molecule has 1 saturated heterocycles. The third kappa shape index (κ3) is 4.42. The average Bonchev–Trinajstić information content (AvgIpc) is 3.60. The Labute approximate surface area is 198 Å². The lowest BCUT2D eigenvalue weighted by Gasteiger charge is -2.41. The molecule has 1 aromatic carbocycles. The molecule has 0 bridgehead atoms. The standard InChI is InChI=1S/C24H29ClN6O2/c1-14-10-17(8-9-33-14)31-20(32)11-24(2,30-23(31)26)18-4-3-5-19(21(18)25)29-16-12-27-22(28-13-16)15-6-7-15/h3-5,12-15,17,29H,6-11H2,1-2H3,(H2,26,30)/t14-,17-,24-/m0/s1. The molecular weight excluding hydrogens is 440 g/mol. The summed E-state index contributed by atoms with van der Waals surface area (Å²) in [6.07, 6.45) is 7.67. The van der Waals surface area contributed by atoms with Crippen LogP contribution >= 0.6 is 11.6 Å². The molecular formula is C24H29ClN6O2. The molecule has 2 aromatic rings. The normalized spacial score (nSPS) is 27.9. The number of ether oxygens (including phenoxy) is 1. The van der Waals surface area contributed by atoms with E-state index in [2.05, 4.69) is 15.3 Å². The van der Waals surface area contributed by atoms with Gasteiger partial charge >= 0.3 is 0 Å². The van der Waals surface area contributed by atoms with Gasteiger partial charge < -0.3 is 15.8 Å². The van der Waals surface area contributed by atoms with Crippen molar-refractivity contribution in [1.82, 2.24) is 14.9 Å². The van der Waals surface area contributed by atoms with Gasteiger partial charge in [0.1, 0.15) is 5.82 Å². The first-order valence-electron chi connectivity index (χ1n) is 11.5. The maximum atomic E-state index is 13.2. The number of benzene rings is 1. The predicted molar refractivity (Wildman–Crippen MR) is 128 cm³/mol. The number of guanidine groups is 1. The van der Waals surface area contributed by atoms with Gasteiger partial charge in [0, 0.05) is 24.1 Å². The van der Waals surface area contributed by atoms with Crippen LogP contribution in [0.15, 0.2) is 35.6 Å². The van der Waals surface area contributed by atoms with Gasteiger partial charge in [0.15, 0.2) is 5.96 Å². The zero-order valence-corrected chi connectivity index (χ0v) is 19.7. The number of aromatic nitrogens is 2. The van der Waals surface area contributed by atoms with E-state index in [-0.39, 0.29) is 30.4 Å². The van der Waals surface area contributed by atoms with E-state index in [0.29, 0.717) is 23.2 Å². The Morgan fingerprint density at radius 2 is 2.00 bits per heavy atom. The van der Waals surface area contributed by atoms with Crippen molar-refractivity contribution >= 4 is 34.8 Å². The fourth-order valence-corrected chi connectivity index (χ4v) is 5.14. The zero-order valence-electron chi connectivity index (χ0n) is 18.9. The number of hydrogen-bond donors (Lipinski definition) is 2. The van der Waals surface area contributed by atoms with Crippen LogP contribution in [0.25, 0.3) is 0 Å². The number of nitrogens with zero attached hydrogens (tertiary/aromatic N) is 4. The van der Waals surface area contributed by atoms with E-state index in [1.807, 2.05) is 32.0 Å². The first-order valence-corrected chi connectivity index (χ1v) is 11.9. The average molecular weight is 469 g/mol. The van der Waals surface area contributed by atoms with Crippen LogP contribution in [0.4, 0.5) is 11.4 Å². The number of amides is 1. The number of halogens is 1.